The van der Waals surface area contributed by atoms with Gasteiger partial charge in [-0.15, -0.1) is 0 Å². The summed E-state index contributed by atoms with van der Waals surface area (Å²) in [5.41, 5.74) is 2.09. The number of rotatable bonds is 5. The molecule has 0 aromatic heterocycles. The smallest absolute Gasteiger partial charge is 0.119 e. The van der Waals surface area contributed by atoms with E-state index < -0.39 is 0 Å². The van der Waals surface area contributed by atoms with Gasteiger partial charge in [-0.3, -0.25) is 0 Å². The molecule has 0 saturated heterocycles. The van der Waals surface area contributed by atoms with E-state index in [2.05, 4.69) is 6.92 Å². The van der Waals surface area contributed by atoms with Crippen LogP contribution in [0.2, 0.25) is 10.0 Å². The molecule has 0 spiro atoms. The van der Waals surface area contributed by atoms with E-state index in [1.807, 2.05) is 30.3 Å². The Balaban J connectivity index is 2.25. The SMILES string of the molecule is CCCCOc1ccc(-c2c(Cl)cc(C#N)cc2Cl)cc1. The van der Waals surface area contributed by atoms with Gasteiger partial charge >= 0.3 is 0 Å². The van der Waals surface area contributed by atoms with Crippen LogP contribution >= 0.6 is 23.2 Å². The molecular formula is C17H15Cl2NO. The van der Waals surface area contributed by atoms with Gasteiger partial charge in [0.1, 0.15) is 5.75 Å². The third-order valence-electron chi connectivity index (χ3n) is 3.08. The van der Waals surface area contributed by atoms with Crippen LogP contribution in [0.1, 0.15) is 25.3 Å². The second-order valence-corrected chi connectivity index (χ2v) is 5.47. The maximum atomic E-state index is 8.90. The lowest BCUT2D eigenvalue weighted by Crippen LogP contribution is -1.96. The average molecular weight is 320 g/mol. The van der Waals surface area contributed by atoms with Gasteiger partial charge < -0.3 is 4.74 Å². The van der Waals surface area contributed by atoms with Crippen LogP contribution < -0.4 is 4.74 Å². The van der Waals surface area contributed by atoms with E-state index in [9.17, 15) is 0 Å². The molecule has 0 heterocycles. The highest BCUT2D eigenvalue weighted by Gasteiger charge is 2.10. The average Bonchev–Trinajstić information content (AvgIpc) is 2.48. The highest BCUT2D eigenvalue weighted by atomic mass is 35.5. The molecule has 0 aliphatic heterocycles. The molecule has 0 radical (unpaired) electrons. The Kier molecular flexibility index (Phi) is 5.50. The van der Waals surface area contributed by atoms with Crippen molar-refractivity contribution in [2.24, 2.45) is 0 Å². The summed E-state index contributed by atoms with van der Waals surface area (Å²) in [4.78, 5) is 0. The third-order valence-corrected chi connectivity index (χ3v) is 3.68. The van der Waals surface area contributed by atoms with Gasteiger partial charge in [-0.05, 0) is 36.2 Å². The van der Waals surface area contributed by atoms with Crippen molar-refractivity contribution in [1.82, 2.24) is 0 Å². The first-order valence-electron chi connectivity index (χ1n) is 6.78. The number of nitrogens with zero attached hydrogens (tertiary/aromatic N) is 1. The van der Waals surface area contributed by atoms with E-state index in [1.54, 1.807) is 12.1 Å². The molecule has 0 aliphatic rings. The Morgan fingerprint density at radius 1 is 1.10 bits per heavy atom. The van der Waals surface area contributed by atoms with Crippen molar-refractivity contribution in [3.63, 3.8) is 0 Å². The van der Waals surface area contributed by atoms with Crippen LogP contribution in [0.5, 0.6) is 5.75 Å². The van der Waals surface area contributed by atoms with E-state index in [0.29, 0.717) is 22.2 Å². The highest BCUT2D eigenvalue weighted by molar-refractivity contribution is 6.39. The van der Waals surface area contributed by atoms with E-state index in [0.717, 1.165) is 29.7 Å². The molecule has 2 aromatic carbocycles. The third kappa shape index (κ3) is 3.91. The van der Waals surface area contributed by atoms with Gasteiger partial charge in [0.2, 0.25) is 0 Å². The zero-order valence-corrected chi connectivity index (χ0v) is 13.2. The molecule has 0 amide bonds. The molecule has 2 rings (SSSR count). The molecule has 0 unspecified atom stereocenters. The predicted octanol–water partition coefficient (Wildman–Crippen LogP) is 5.71. The number of hydrogen-bond donors (Lipinski definition) is 0. The van der Waals surface area contributed by atoms with Gasteiger partial charge in [-0.2, -0.15) is 5.26 Å². The summed E-state index contributed by atoms with van der Waals surface area (Å²) in [6.07, 6.45) is 2.14. The van der Waals surface area contributed by atoms with Gasteiger partial charge in [0.25, 0.3) is 0 Å². The van der Waals surface area contributed by atoms with Gasteiger partial charge in [0.15, 0.2) is 0 Å². The van der Waals surface area contributed by atoms with Crippen LogP contribution in [-0.2, 0) is 0 Å². The first kappa shape index (κ1) is 15.7. The van der Waals surface area contributed by atoms with Gasteiger partial charge in [-0.1, -0.05) is 48.7 Å². The maximum absolute atomic E-state index is 8.90. The summed E-state index contributed by atoms with van der Waals surface area (Å²) in [5.74, 6) is 0.827. The number of unbranched alkanes of at least 4 members (excludes halogenated alkanes) is 1. The minimum atomic E-state index is 0.452. The second kappa shape index (κ2) is 7.36. The molecular weight excluding hydrogens is 305 g/mol. The summed E-state index contributed by atoms with van der Waals surface area (Å²) in [5, 5.41) is 9.85. The van der Waals surface area contributed by atoms with Gasteiger partial charge in [-0.25, -0.2) is 0 Å². The lowest BCUT2D eigenvalue weighted by molar-refractivity contribution is 0.309. The molecule has 0 atom stereocenters. The Hall–Kier alpha value is -1.69. The lowest BCUT2D eigenvalue weighted by Gasteiger charge is -2.10. The summed E-state index contributed by atoms with van der Waals surface area (Å²) >= 11 is 12.4. The molecule has 21 heavy (non-hydrogen) atoms. The highest BCUT2D eigenvalue weighted by Crippen LogP contribution is 2.36. The largest absolute Gasteiger partial charge is 0.494 e. The van der Waals surface area contributed by atoms with E-state index in [1.165, 1.54) is 0 Å². The Morgan fingerprint density at radius 2 is 1.71 bits per heavy atom. The number of hydrogen-bond acceptors (Lipinski definition) is 2. The van der Waals surface area contributed by atoms with Crippen molar-refractivity contribution in [2.45, 2.75) is 19.8 Å². The number of ether oxygens (including phenoxy) is 1. The fraction of sp³-hybridized carbons (Fsp3) is 0.235. The Bertz CT molecular complexity index is 636. The zero-order chi connectivity index (χ0) is 15.2. The first-order valence-corrected chi connectivity index (χ1v) is 7.53. The molecule has 0 N–H and O–H groups in total. The van der Waals surface area contributed by atoms with Crippen molar-refractivity contribution in [3.05, 3.63) is 52.0 Å². The molecule has 0 saturated carbocycles. The predicted molar refractivity (Wildman–Crippen MR) is 87.0 cm³/mol. The topological polar surface area (TPSA) is 33.0 Å². The minimum Gasteiger partial charge on any atom is -0.494 e. The van der Waals surface area contributed by atoms with Crippen LogP contribution in [0.15, 0.2) is 36.4 Å². The fourth-order valence-corrected chi connectivity index (χ4v) is 2.67. The first-order chi connectivity index (χ1) is 10.2. The van der Waals surface area contributed by atoms with Gasteiger partial charge in [0.05, 0.1) is 28.3 Å². The minimum absolute atomic E-state index is 0.452. The van der Waals surface area contributed by atoms with Crippen LogP contribution in [-0.4, -0.2) is 6.61 Å². The van der Waals surface area contributed by atoms with E-state index in [4.69, 9.17) is 33.2 Å². The van der Waals surface area contributed by atoms with Crippen molar-refractivity contribution in [3.8, 4) is 22.9 Å². The summed E-state index contributed by atoms with van der Waals surface area (Å²) < 4.78 is 5.63. The quantitative estimate of drug-likeness (QED) is 0.661. The summed E-state index contributed by atoms with van der Waals surface area (Å²) in [7, 11) is 0. The van der Waals surface area contributed by atoms with E-state index >= 15 is 0 Å². The molecule has 4 heteroatoms. The van der Waals surface area contributed by atoms with Crippen LogP contribution in [0, 0.1) is 11.3 Å². The Morgan fingerprint density at radius 3 is 2.24 bits per heavy atom. The normalized spacial score (nSPS) is 10.2. The molecule has 2 aromatic rings. The molecule has 0 aliphatic carbocycles. The fourth-order valence-electron chi connectivity index (χ4n) is 1.97. The lowest BCUT2D eigenvalue weighted by atomic mass is 10.0. The monoisotopic (exact) mass is 319 g/mol. The summed E-state index contributed by atoms with van der Waals surface area (Å²) in [6.45, 7) is 2.84. The van der Waals surface area contributed by atoms with Crippen molar-refractivity contribution in [1.29, 1.82) is 5.26 Å². The van der Waals surface area contributed by atoms with Crippen molar-refractivity contribution < 1.29 is 4.74 Å². The molecule has 0 bridgehead atoms. The number of nitriles is 1. The van der Waals surface area contributed by atoms with Crippen LogP contribution in [0.25, 0.3) is 11.1 Å². The Labute approximate surface area is 134 Å². The van der Waals surface area contributed by atoms with E-state index in [-0.39, 0.29) is 0 Å². The molecule has 2 nitrogen and oxygen atoms in total. The zero-order valence-electron chi connectivity index (χ0n) is 11.7. The number of halogens is 2. The van der Waals surface area contributed by atoms with Crippen LogP contribution in [0.4, 0.5) is 0 Å². The van der Waals surface area contributed by atoms with Crippen molar-refractivity contribution >= 4 is 23.2 Å². The van der Waals surface area contributed by atoms with Crippen molar-refractivity contribution in [2.75, 3.05) is 6.61 Å². The maximum Gasteiger partial charge on any atom is 0.119 e. The van der Waals surface area contributed by atoms with Gasteiger partial charge in [0, 0.05) is 5.56 Å². The second-order valence-electron chi connectivity index (χ2n) is 4.65. The van der Waals surface area contributed by atoms with Crippen LogP contribution in [0.3, 0.4) is 0 Å². The number of benzene rings is 2. The standard InChI is InChI=1S/C17H15Cl2NO/c1-2-3-8-21-14-6-4-13(5-7-14)17-15(18)9-12(11-20)10-16(17)19/h4-7,9-10H,2-3,8H2,1H3. The molecule has 0 fully saturated rings. The summed E-state index contributed by atoms with van der Waals surface area (Å²) in [6, 6.07) is 12.9. The molecule has 108 valence electrons.